The first kappa shape index (κ1) is 16.5. The van der Waals surface area contributed by atoms with Crippen molar-refractivity contribution in [3.8, 4) is 5.00 Å². The summed E-state index contributed by atoms with van der Waals surface area (Å²) in [4.78, 5) is 19.5. The SMILES string of the molecule is CCN(c1ccccc1C)[C@@H](C)C(=O)c1nccn1-c1cccs1. The molecule has 3 aromatic rings. The number of carbonyl (C=O) groups excluding carboxylic acids is 1. The Morgan fingerprint density at radius 2 is 2.08 bits per heavy atom. The number of thiophene rings is 1. The van der Waals surface area contributed by atoms with Gasteiger partial charge in [-0.3, -0.25) is 9.36 Å². The summed E-state index contributed by atoms with van der Waals surface area (Å²) >= 11 is 1.59. The zero-order chi connectivity index (χ0) is 17.1. The van der Waals surface area contributed by atoms with E-state index in [1.807, 2.05) is 47.3 Å². The van der Waals surface area contributed by atoms with Crippen LogP contribution in [0.3, 0.4) is 0 Å². The van der Waals surface area contributed by atoms with Crippen LogP contribution in [0.4, 0.5) is 5.69 Å². The van der Waals surface area contributed by atoms with Crippen molar-refractivity contribution in [3.05, 3.63) is 65.6 Å². The third kappa shape index (κ3) is 2.99. The fraction of sp³-hybridized carbons (Fsp3) is 0.263. The number of rotatable bonds is 6. The number of hydrogen-bond donors (Lipinski definition) is 0. The number of Topliss-reactive ketones (excluding diaryl/α,β-unsaturated/α-hetero) is 1. The van der Waals surface area contributed by atoms with E-state index in [1.54, 1.807) is 17.5 Å². The van der Waals surface area contributed by atoms with Gasteiger partial charge in [-0.25, -0.2) is 4.98 Å². The molecule has 0 amide bonds. The number of anilines is 1. The number of para-hydroxylation sites is 1. The lowest BCUT2D eigenvalue weighted by Crippen LogP contribution is -2.40. The van der Waals surface area contributed by atoms with Gasteiger partial charge in [0.05, 0.1) is 6.04 Å². The predicted octanol–water partition coefficient (Wildman–Crippen LogP) is 4.34. The first-order valence-corrected chi connectivity index (χ1v) is 8.95. The lowest BCUT2D eigenvalue weighted by Gasteiger charge is -2.30. The Morgan fingerprint density at radius 1 is 1.29 bits per heavy atom. The lowest BCUT2D eigenvalue weighted by atomic mass is 10.1. The molecule has 0 aliphatic carbocycles. The van der Waals surface area contributed by atoms with E-state index < -0.39 is 0 Å². The molecule has 0 unspecified atom stereocenters. The van der Waals surface area contributed by atoms with Crippen LogP contribution in [0.15, 0.2) is 54.2 Å². The minimum absolute atomic E-state index is 0.0264. The highest BCUT2D eigenvalue weighted by atomic mass is 32.1. The fourth-order valence-electron chi connectivity index (χ4n) is 2.94. The van der Waals surface area contributed by atoms with Crippen LogP contribution in [0.25, 0.3) is 5.00 Å². The van der Waals surface area contributed by atoms with E-state index in [-0.39, 0.29) is 11.8 Å². The smallest absolute Gasteiger partial charge is 0.220 e. The highest BCUT2D eigenvalue weighted by Gasteiger charge is 2.26. The third-order valence-electron chi connectivity index (χ3n) is 4.22. The molecular weight excluding hydrogens is 318 g/mol. The van der Waals surface area contributed by atoms with Crippen molar-refractivity contribution in [1.29, 1.82) is 0 Å². The quantitative estimate of drug-likeness (QED) is 0.627. The number of nitrogens with zero attached hydrogens (tertiary/aromatic N) is 3. The Bertz CT molecular complexity index is 823. The van der Waals surface area contributed by atoms with Crippen molar-refractivity contribution in [1.82, 2.24) is 9.55 Å². The molecule has 5 heteroatoms. The molecule has 1 atom stereocenters. The van der Waals surface area contributed by atoms with Gasteiger partial charge < -0.3 is 4.90 Å². The van der Waals surface area contributed by atoms with Gasteiger partial charge in [0.25, 0.3) is 0 Å². The summed E-state index contributed by atoms with van der Waals surface area (Å²) in [6, 6.07) is 11.8. The van der Waals surface area contributed by atoms with Gasteiger partial charge in [0.15, 0.2) is 5.82 Å². The molecule has 2 aromatic heterocycles. The van der Waals surface area contributed by atoms with Crippen LogP contribution in [0, 0.1) is 6.92 Å². The summed E-state index contributed by atoms with van der Waals surface area (Å²) in [5.74, 6) is 0.510. The molecule has 0 spiro atoms. The average Bonchev–Trinajstić information content (AvgIpc) is 3.27. The summed E-state index contributed by atoms with van der Waals surface area (Å²) in [5.41, 5.74) is 2.26. The topological polar surface area (TPSA) is 38.1 Å². The second kappa shape index (κ2) is 7.01. The predicted molar refractivity (Wildman–Crippen MR) is 99.4 cm³/mol. The number of ketones is 1. The number of benzene rings is 1. The molecule has 24 heavy (non-hydrogen) atoms. The molecule has 0 saturated carbocycles. The van der Waals surface area contributed by atoms with E-state index >= 15 is 0 Å². The van der Waals surface area contributed by atoms with Gasteiger partial charge in [-0.05, 0) is 49.9 Å². The highest BCUT2D eigenvalue weighted by molar-refractivity contribution is 7.12. The van der Waals surface area contributed by atoms with Gasteiger partial charge in [0, 0.05) is 24.6 Å². The van der Waals surface area contributed by atoms with Crippen LogP contribution in [0.5, 0.6) is 0 Å². The number of aromatic nitrogens is 2. The Morgan fingerprint density at radius 3 is 2.75 bits per heavy atom. The van der Waals surface area contributed by atoms with E-state index in [1.165, 1.54) is 5.56 Å². The summed E-state index contributed by atoms with van der Waals surface area (Å²) in [5, 5.41) is 3.00. The number of likely N-dealkylation sites (N-methyl/N-ethyl adjacent to an activating group) is 1. The molecule has 0 fully saturated rings. The van der Waals surface area contributed by atoms with Crippen molar-refractivity contribution in [2.24, 2.45) is 0 Å². The summed E-state index contributed by atoms with van der Waals surface area (Å²) < 4.78 is 1.87. The van der Waals surface area contributed by atoms with Crippen LogP contribution < -0.4 is 4.90 Å². The van der Waals surface area contributed by atoms with Crippen molar-refractivity contribution in [3.63, 3.8) is 0 Å². The molecular formula is C19H21N3OS. The molecule has 0 N–H and O–H groups in total. The maximum atomic E-state index is 13.1. The Labute approximate surface area is 146 Å². The standard InChI is InChI=1S/C19H21N3OS/c1-4-21(16-9-6-5-8-14(16)2)15(3)18(23)19-20-11-12-22(19)17-10-7-13-24-17/h5-13,15H,4H2,1-3H3/t15-/m0/s1. The maximum Gasteiger partial charge on any atom is 0.220 e. The lowest BCUT2D eigenvalue weighted by molar-refractivity contribution is 0.0952. The molecule has 0 bridgehead atoms. The van der Waals surface area contributed by atoms with Gasteiger partial charge in [-0.15, -0.1) is 11.3 Å². The van der Waals surface area contributed by atoms with E-state index in [2.05, 4.69) is 35.9 Å². The number of aryl methyl sites for hydroxylation is 1. The fourth-order valence-corrected chi connectivity index (χ4v) is 3.65. The number of hydrogen-bond acceptors (Lipinski definition) is 4. The van der Waals surface area contributed by atoms with E-state index in [0.717, 1.165) is 17.2 Å². The summed E-state index contributed by atoms with van der Waals surface area (Å²) in [7, 11) is 0. The monoisotopic (exact) mass is 339 g/mol. The number of imidazole rings is 1. The maximum absolute atomic E-state index is 13.1. The van der Waals surface area contributed by atoms with Crippen LogP contribution in [0.1, 0.15) is 30.0 Å². The molecule has 124 valence electrons. The normalized spacial score (nSPS) is 12.1. The molecule has 0 saturated heterocycles. The molecule has 4 nitrogen and oxygen atoms in total. The van der Waals surface area contributed by atoms with Crippen LogP contribution in [-0.2, 0) is 0 Å². The van der Waals surface area contributed by atoms with E-state index in [4.69, 9.17) is 0 Å². The third-order valence-corrected chi connectivity index (χ3v) is 5.08. The number of carbonyl (C=O) groups is 1. The Hall–Kier alpha value is -2.40. The van der Waals surface area contributed by atoms with Gasteiger partial charge in [-0.2, -0.15) is 0 Å². The molecule has 0 aliphatic heterocycles. The molecule has 2 heterocycles. The summed E-state index contributed by atoms with van der Waals surface area (Å²) in [6.07, 6.45) is 3.53. The van der Waals surface area contributed by atoms with E-state index in [9.17, 15) is 4.79 Å². The van der Waals surface area contributed by atoms with Crippen LogP contribution >= 0.6 is 11.3 Å². The van der Waals surface area contributed by atoms with Crippen LogP contribution in [0.2, 0.25) is 0 Å². The van der Waals surface area contributed by atoms with E-state index in [0.29, 0.717) is 5.82 Å². The highest BCUT2D eigenvalue weighted by Crippen LogP contribution is 2.24. The van der Waals surface area contributed by atoms with Crippen LogP contribution in [-0.4, -0.2) is 27.9 Å². The molecule has 1 aromatic carbocycles. The van der Waals surface area contributed by atoms with Gasteiger partial charge >= 0.3 is 0 Å². The Kier molecular flexibility index (Phi) is 4.81. The zero-order valence-electron chi connectivity index (χ0n) is 14.1. The second-order valence-electron chi connectivity index (χ2n) is 5.68. The van der Waals surface area contributed by atoms with Crippen molar-refractivity contribution < 1.29 is 4.79 Å². The average molecular weight is 339 g/mol. The molecule has 0 radical (unpaired) electrons. The minimum Gasteiger partial charge on any atom is -0.361 e. The van der Waals surface area contributed by atoms with Crippen molar-refractivity contribution in [2.45, 2.75) is 26.8 Å². The van der Waals surface area contributed by atoms with Gasteiger partial charge in [0.1, 0.15) is 5.00 Å². The zero-order valence-corrected chi connectivity index (χ0v) is 15.0. The first-order valence-electron chi connectivity index (χ1n) is 8.07. The molecule has 0 aliphatic rings. The van der Waals surface area contributed by atoms with Gasteiger partial charge in [0.2, 0.25) is 5.78 Å². The first-order chi connectivity index (χ1) is 11.6. The Balaban J connectivity index is 1.92. The minimum atomic E-state index is -0.280. The van der Waals surface area contributed by atoms with Crippen molar-refractivity contribution in [2.75, 3.05) is 11.4 Å². The summed E-state index contributed by atoms with van der Waals surface area (Å²) in [6.45, 7) is 6.85. The second-order valence-corrected chi connectivity index (χ2v) is 6.61. The molecule has 3 rings (SSSR count). The largest absolute Gasteiger partial charge is 0.361 e. The van der Waals surface area contributed by atoms with Gasteiger partial charge in [-0.1, -0.05) is 18.2 Å². The van der Waals surface area contributed by atoms with Crippen molar-refractivity contribution >= 4 is 22.8 Å².